The van der Waals surface area contributed by atoms with Crippen LogP contribution in [0.15, 0.2) is 35.7 Å². The van der Waals surface area contributed by atoms with Gasteiger partial charge >= 0.3 is 0 Å². The minimum atomic E-state index is 0.221. The molecule has 192 valence electrons. The number of fused-ring (bicyclic) bond motifs is 2. The Balaban J connectivity index is 1.18. The topological polar surface area (TPSA) is 51.2 Å². The van der Waals surface area contributed by atoms with Gasteiger partial charge in [-0.15, -0.1) is 11.3 Å². The standard InChI is InChI=1S/C29H36N2O4S/c1-33-24-6-7-25-22(19-36-28(25)16-24)8-11-30-10-4-5-20(17-30)18-31-12-9-21-13-26(34-2)27(35-3)14-23(21)15-29(31)32/h6-7,13-14,16,19-20H,4-5,8-12,15,17-18H2,1-3H3. The van der Waals surface area contributed by atoms with Gasteiger partial charge in [-0.05, 0) is 95.9 Å². The van der Waals surface area contributed by atoms with Gasteiger partial charge in [0.25, 0.3) is 0 Å². The van der Waals surface area contributed by atoms with Gasteiger partial charge in [0.2, 0.25) is 5.91 Å². The molecule has 0 radical (unpaired) electrons. The van der Waals surface area contributed by atoms with Gasteiger partial charge in [0, 0.05) is 30.9 Å². The number of hydrogen-bond donors (Lipinski definition) is 0. The second-order valence-corrected chi connectivity index (χ2v) is 10.8. The molecule has 5 rings (SSSR count). The molecule has 2 aromatic carbocycles. The lowest BCUT2D eigenvalue weighted by Crippen LogP contribution is -2.43. The van der Waals surface area contributed by atoms with Crippen molar-refractivity contribution in [3.8, 4) is 17.2 Å². The smallest absolute Gasteiger partial charge is 0.227 e. The first-order valence-electron chi connectivity index (χ1n) is 12.9. The highest BCUT2D eigenvalue weighted by atomic mass is 32.1. The average molecular weight is 509 g/mol. The number of rotatable bonds is 8. The number of ether oxygens (including phenoxy) is 3. The molecule has 0 saturated carbocycles. The van der Waals surface area contributed by atoms with Crippen LogP contribution in [0.3, 0.4) is 0 Å². The van der Waals surface area contributed by atoms with Crippen molar-refractivity contribution in [2.45, 2.75) is 32.1 Å². The normalized spacial score (nSPS) is 18.7. The van der Waals surface area contributed by atoms with Crippen LogP contribution in [0.1, 0.15) is 29.5 Å². The van der Waals surface area contributed by atoms with E-state index < -0.39 is 0 Å². The van der Waals surface area contributed by atoms with Crippen LogP contribution in [0.4, 0.5) is 0 Å². The van der Waals surface area contributed by atoms with E-state index in [1.54, 1.807) is 32.7 Å². The van der Waals surface area contributed by atoms with Crippen molar-refractivity contribution in [3.63, 3.8) is 0 Å². The molecule has 0 spiro atoms. The third-order valence-electron chi connectivity index (χ3n) is 7.69. The molecule has 1 amide bonds. The van der Waals surface area contributed by atoms with E-state index >= 15 is 0 Å². The van der Waals surface area contributed by atoms with Crippen LogP contribution >= 0.6 is 11.3 Å². The number of amides is 1. The lowest BCUT2D eigenvalue weighted by Gasteiger charge is -2.35. The third kappa shape index (κ3) is 5.32. The van der Waals surface area contributed by atoms with E-state index in [1.165, 1.54) is 34.1 Å². The molecule has 0 aliphatic carbocycles. The number of piperidine rings is 1. The molecule has 3 aromatic rings. The van der Waals surface area contributed by atoms with Gasteiger partial charge < -0.3 is 24.0 Å². The van der Waals surface area contributed by atoms with Crippen molar-refractivity contribution in [1.82, 2.24) is 9.80 Å². The summed E-state index contributed by atoms with van der Waals surface area (Å²) in [5.41, 5.74) is 3.67. The van der Waals surface area contributed by atoms with Gasteiger partial charge in [0.05, 0.1) is 27.8 Å². The SMILES string of the molecule is COc1ccc2c(CCN3CCCC(CN4CCc5cc(OC)c(OC)cc5CC4=O)C3)csc2c1. The van der Waals surface area contributed by atoms with Crippen molar-refractivity contribution >= 4 is 27.3 Å². The summed E-state index contributed by atoms with van der Waals surface area (Å²) >= 11 is 1.80. The van der Waals surface area contributed by atoms with E-state index in [0.717, 1.165) is 62.6 Å². The summed E-state index contributed by atoms with van der Waals surface area (Å²) in [4.78, 5) is 17.9. The quantitative estimate of drug-likeness (QED) is 0.437. The number of nitrogens with zero attached hydrogens (tertiary/aromatic N) is 2. The number of thiophene rings is 1. The second-order valence-electron chi connectivity index (χ2n) is 9.92. The van der Waals surface area contributed by atoms with Gasteiger partial charge in [-0.3, -0.25) is 4.79 Å². The Labute approximate surface area is 217 Å². The fraction of sp³-hybridized carbons (Fsp3) is 0.483. The van der Waals surface area contributed by atoms with Gasteiger partial charge in [-0.2, -0.15) is 0 Å². The highest BCUT2D eigenvalue weighted by Crippen LogP contribution is 2.33. The molecular weight excluding hydrogens is 472 g/mol. The lowest BCUT2D eigenvalue weighted by atomic mass is 9.96. The largest absolute Gasteiger partial charge is 0.497 e. The summed E-state index contributed by atoms with van der Waals surface area (Å²) < 4.78 is 17.6. The summed E-state index contributed by atoms with van der Waals surface area (Å²) in [7, 11) is 5.02. The first kappa shape index (κ1) is 24.9. The Hall–Kier alpha value is -2.77. The van der Waals surface area contributed by atoms with Crippen LogP contribution in [-0.4, -0.2) is 69.8 Å². The maximum Gasteiger partial charge on any atom is 0.227 e. The molecule has 7 heteroatoms. The molecule has 6 nitrogen and oxygen atoms in total. The van der Waals surface area contributed by atoms with Crippen molar-refractivity contribution in [3.05, 3.63) is 52.4 Å². The summed E-state index contributed by atoms with van der Waals surface area (Å²) in [6.45, 7) is 4.88. The van der Waals surface area contributed by atoms with Crippen LogP contribution in [0, 0.1) is 5.92 Å². The number of likely N-dealkylation sites (tertiary alicyclic amines) is 1. The van der Waals surface area contributed by atoms with Crippen molar-refractivity contribution in [2.75, 3.05) is 54.1 Å². The van der Waals surface area contributed by atoms with E-state index in [2.05, 4.69) is 33.4 Å². The van der Waals surface area contributed by atoms with Crippen LogP contribution in [0.5, 0.6) is 17.2 Å². The van der Waals surface area contributed by atoms with Gasteiger partial charge in [0.15, 0.2) is 11.5 Å². The maximum atomic E-state index is 13.2. The van der Waals surface area contributed by atoms with Crippen LogP contribution in [0.25, 0.3) is 10.1 Å². The van der Waals surface area contributed by atoms with E-state index in [9.17, 15) is 4.79 Å². The van der Waals surface area contributed by atoms with Crippen LogP contribution < -0.4 is 14.2 Å². The molecule has 1 saturated heterocycles. The highest BCUT2D eigenvalue weighted by molar-refractivity contribution is 7.17. The molecule has 2 aliphatic heterocycles. The van der Waals surface area contributed by atoms with Gasteiger partial charge in [-0.25, -0.2) is 0 Å². The number of carbonyl (C=O) groups excluding carboxylic acids is 1. The predicted molar refractivity (Wildman–Crippen MR) is 145 cm³/mol. The minimum Gasteiger partial charge on any atom is -0.497 e. The van der Waals surface area contributed by atoms with Crippen molar-refractivity contribution in [1.29, 1.82) is 0 Å². The molecule has 1 atom stereocenters. The predicted octanol–water partition coefficient (Wildman–Crippen LogP) is 4.81. The second kappa shape index (κ2) is 11.1. The molecule has 36 heavy (non-hydrogen) atoms. The Bertz CT molecular complexity index is 1220. The molecule has 0 N–H and O–H groups in total. The first-order chi connectivity index (χ1) is 17.6. The highest BCUT2D eigenvalue weighted by Gasteiger charge is 2.27. The molecular formula is C29H36N2O4S. The van der Waals surface area contributed by atoms with E-state index in [-0.39, 0.29) is 5.91 Å². The van der Waals surface area contributed by atoms with Crippen molar-refractivity contribution < 1.29 is 19.0 Å². The number of hydrogen-bond acceptors (Lipinski definition) is 6. The zero-order valence-electron chi connectivity index (χ0n) is 21.5. The fourth-order valence-electron chi connectivity index (χ4n) is 5.69. The third-order valence-corrected chi connectivity index (χ3v) is 8.69. The van der Waals surface area contributed by atoms with E-state index in [4.69, 9.17) is 14.2 Å². The Morgan fingerprint density at radius 1 is 1.00 bits per heavy atom. The number of carbonyl (C=O) groups is 1. The lowest BCUT2D eigenvalue weighted by molar-refractivity contribution is -0.131. The zero-order chi connectivity index (χ0) is 25.1. The maximum absolute atomic E-state index is 13.2. The summed E-state index contributed by atoms with van der Waals surface area (Å²) in [5.74, 6) is 3.09. The molecule has 0 bridgehead atoms. The summed E-state index contributed by atoms with van der Waals surface area (Å²) in [6, 6.07) is 10.4. The monoisotopic (exact) mass is 508 g/mol. The number of benzene rings is 2. The van der Waals surface area contributed by atoms with Gasteiger partial charge in [-0.1, -0.05) is 0 Å². The molecule has 3 heterocycles. The zero-order valence-corrected chi connectivity index (χ0v) is 22.4. The van der Waals surface area contributed by atoms with E-state index in [0.29, 0.717) is 18.1 Å². The number of methoxy groups -OCH3 is 3. The summed E-state index contributed by atoms with van der Waals surface area (Å²) in [5, 5.41) is 3.64. The van der Waals surface area contributed by atoms with E-state index in [1.807, 2.05) is 12.1 Å². The molecule has 1 fully saturated rings. The van der Waals surface area contributed by atoms with Gasteiger partial charge in [0.1, 0.15) is 5.75 Å². The Morgan fingerprint density at radius 3 is 2.58 bits per heavy atom. The minimum absolute atomic E-state index is 0.221. The molecule has 1 aromatic heterocycles. The van der Waals surface area contributed by atoms with Crippen molar-refractivity contribution in [2.24, 2.45) is 5.92 Å². The summed E-state index contributed by atoms with van der Waals surface area (Å²) in [6.07, 6.45) is 4.73. The van der Waals surface area contributed by atoms with Crippen LogP contribution in [0.2, 0.25) is 0 Å². The molecule has 1 unspecified atom stereocenters. The van der Waals surface area contributed by atoms with Crippen LogP contribution in [-0.2, 0) is 24.1 Å². The molecule has 2 aliphatic rings. The Kier molecular flexibility index (Phi) is 7.67. The first-order valence-corrected chi connectivity index (χ1v) is 13.7. The fourth-order valence-corrected chi connectivity index (χ4v) is 6.71. The average Bonchev–Trinajstić information content (AvgIpc) is 3.25. The Morgan fingerprint density at radius 2 is 1.81 bits per heavy atom.